The molecule has 174 valence electrons. The van der Waals surface area contributed by atoms with Crippen LogP contribution < -0.4 is 15.0 Å². The van der Waals surface area contributed by atoms with Crippen molar-refractivity contribution in [2.75, 3.05) is 42.9 Å². The smallest absolute Gasteiger partial charge is 0.255 e. The molecule has 1 amide bonds. The number of aromatic nitrogens is 2. The first-order chi connectivity index (χ1) is 16.7. The molecule has 0 bridgehead atoms. The summed E-state index contributed by atoms with van der Waals surface area (Å²) in [5, 5.41) is 2.98. The minimum absolute atomic E-state index is 0.142. The topological polar surface area (TPSA) is 62.1 Å². The minimum Gasteiger partial charge on any atom is -0.487 e. The highest BCUT2D eigenvalue weighted by molar-refractivity contribution is 6.04. The van der Waals surface area contributed by atoms with E-state index >= 15 is 0 Å². The van der Waals surface area contributed by atoms with Gasteiger partial charge in [0.15, 0.2) is 0 Å². The van der Waals surface area contributed by atoms with Gasteiger partial charge in [-0.25, -0.2) is 4.98 Å². The second-order valence-electron chi connectivity index (χ2n) is 8.43. The Morgan fingerprint density at radius 1 is 0.971 bits per heavy atom. The predicted molar refractivity (Wildman–Crippen MR) is 135 cm³/mol. The average Bonchev–Trinajstić information content (AvgIpc) is 3.31. The number of hydrogen-bond donors (Lipinski definition) is 1. The summed E-state index contributed by atoms with van der Waals surface area (Å²) in [4.78, 5) is 22.1. The lowest BCUT2D eigenvalue weighted by atomic mass is 10.2. The van der Waals surface area contributed by atoms with Gasteiger partial charge in [-0.2, -0.15) is 0 Å². The SMILES string of the molecule is CCN1CCN(c2ccc(NC(=O)c3ccc(OCc4cn5ccccc5n4)cc3)cc2)CC1. The van der Waals surface area contributed by atoms with Crippen LogP contribution in [-0.2, 0) is 6.61 Å². The second-order valence-corrected chi connectivity index (χ2v) is 8.43. The number of anilines is 2. The number of carbonyl (C=O) groups is 1. The summed E-state index contributed by atoms with van der Waals surface area (Å²) >= 11 is 0. The molecule has 5 rings (SSSR count). The molecule has 2 aromatic heterocycles. The van der Waals surface area contributed by atoms with Crippen LogP contribution in [-0.4, -0.2) is 52.9 Å². The maximum absolute atomic E-state index is 12.7. The van der Waals surface area contributed by atoms with Crippen LogP contribution in [0.25, 0.3) is 5.65 Å². The van der Waals surface area contributed by atoms with Crippen LogP contribution in [0.3, 0.4) is 0 Å². The molecular weight excluding hydrogens is 426 g/mol. The van der Waals surface area contributed by atoms with Crippen LogP contribution in [0, 0.1) is 0 Å². The number of piperazine rings is 1. The van der Waals surface area contributed by atoms with E-state index in [9.17, 15) is 4.79 Å². The van der Waals surface area contributed by atoms with Crippen LogP contribution in [0.1, 0.15) is 23.0 Å². The van der Waals surface area contributed by atoms with E-state index in [2.05, 4.69) is 39.2 Å². The summed E-state index contributed by atoms with van der Waals surface area (Å²) in [5.74, 6) is 0.553. The van der Waals surface area contributed by atoms with Gasteiger partial charge < -0.3 is 24.3 Å². The van der Waals surface area contributed by atoms with E-state index in [1.54, 1.807) is 12.1 Å². The Morgan fingerprint density at radius 2 is 1.74 bits per heavy atom. The molecule has 3 heterocycles. The van der Waals surface area contributed by atoms with Gasteiger partial charge in [0.05, 0.1) is 5.69 Å². The van der Waals surface area contributed by atoms with Crippen molar-refractivity contribution in [2.45, 2.75) is 13.5 Å². The van der Waals surface area contributed by atoms with Gasteiger partial charge in [-0.15, -0.1) is 0 Å². The lowest BCUT2D eigenvalue weighted by Crippen LogP contribution is -2.46. The number of hydrogen-bond acceptors (Lipinski definition) is 5. The molecule has 1 fully saturated rings. The first kappa shape index (κ1) is 22.0. The van der Waals surface area contributed by atoms with Crippen molar-refractivity contribution in [3.63, 3.8) is 0 Å². The van der Waals surface area contributed by atoms with E-state index in [-0.39, 0.29) is 5.91 Å². The zero-order chi connectivity index (χ0) is 23.3. The normalized spacial score (nSPS) is 14.3. The van der Waals surface area contributed by atoms with Crippen molar-refractivity contribution in [1.82, 2.24) is 14.3 Å². The number of benzene rings is 2. The molecule has 1 saturated heterocycles. The number of amides is 1. The van der Waals surface area contributed by atoms with Crippen molar-refractivity contribution in [3.05, 3.63) is 90.4 Å². The lowest BCUT2D eigenvalue weighted by molar-refractivity contribution is 0.102. The molecule has 0 aliphatic carbocycles. The Kier molecular flexibility index (Phi) is 6.44. The van der Waals surface area contributed by atoms with Crippen molar-refractivity contribution in [1.29, 1.82) is 0 Å². The molecule has 0 saturated carbocycles. The third-order valence-corrected chi connectivity index (χ3v) is 6.23. The fraction of sp³-hybridized carbons (Fsp3) is 0.259. The summed E-state index contributed by atoms with van der Waals surface area (Å²) in [5.41, 5.74) is 4.30. The molecular formula is C27H29N5O2. The summed E-state index contributed by atoms with van der Waals surface area (Å²) in [6, 6.07) is 21.1. The Labute approximate surface area is 199 Å². The van der Waals surface area contributed by atoms with E-state index < -0.39 is 0 Å². The predicted octanol–water partition coefficient (Wildman–Crippen LogP) is 4.31. The standard InChI is InChI=1S/C27H29N5O2/c1-2-30-15-17-31(18-16-30)24-10-8-22(9-11-24)29-27(33)21-6-12-25(13-7-21)34-20-23-19-32-14-4-3-5-26(32)28-23/h3-14,19H,2,15-18,20H2,1H3,(H,29,33). The van der Waals surface area contributed by atoms with Gasteiger partial charge in [0.2, 0.25) is 0 Å². The molecule has 1 N–H and O–H groups in total. The van der Waals surface area contributed by atoms with Gasteiger partial charge in [-0.3, -0.25) is 4.79 Å². The van der Waals surface area contributed by atoms with Crippen LogP contribution in [0.5, 0.6) is 5.75 Å². The molecule has 2 aromatic carbocycles. The molecule has 7 nitrogen and oxygen atoms in total. The first-order valence-electron chi connectivity index (χ1n) is 11.7. The summed E-state index contributed by atoms with van der Waals surface area (Å²) in [6.07, 6.45) is 3.91. The molecule has 1 aliphatic rings. The lowest BCUT2D eigenvalue weighted by Gasteiger charge is -2.35. The van der Waals surface area contributed by atoms with Gasteiger partial charge in [0, 0.05) is 55.5 Å². The largest absolute Gasteiger partial charge is 0.487 e. The van der Waals surface area contributed by atoms with Crippen LogP contribution in [0.4, 0.5) is 11.4 Å². The van der Waals surface area contributed by atoms with E-state index in [0.29, 0.717) is 17.9 Å². The van der Waals surface area contributed by atoms with Gasteiger partial charge >= 0.3 is 0 Å². The number of fused-ring (bicyclic) bond motifs is 1. The maximum Gasteiger partial charge on any atom is 0.255 e. The highest BCUT2D eigenvalue weighted by Crippen LogP contribution is 2.21. The quantitative estimate of drug-likeness (QED) is 0.450. The monoisotopic (exact) mass is 455 g/mol. The summed E-state index contributed by atoms with van der Waals surface area (Å²) in [7, 11) is 0. The highest BCUT2D eigenvalue weighted by Gasteiger charge is 2.16. The minimum atomic E-state index is -0.142. The third-order valence-electron chi connectivity index (χ3n) is 6.23. The fourth-order valence-corrected chi connectivity index (χ4v) is 4.20. The van der Waals surface area contributed by atoms with E-state index in [0.717, 1.165) is 49.8 Å². The number of likely N-dealkylation sites (N-methyl/N-ethyl adjacent to an activating group) is 1. The van der Waals surface area contributed by atoms with Gasteiger partial charge in [0.25, 0.3) is 5.91 Å². The molecule has 7 heteroatoms. The number of nitrogens with zero attached hydrogens (tertiary/aromatic N) is 4. The van der Waals surface area contributed by atoms with Gasteiger partial charge in [-0.05, 0) is 67.2 Å². The Bertz CT molecular complexity index is 1210. The van der Waals surface area contributed by atoms with Gasteiger partial charge in [-0.1, -0.05) is 13.0 Å². The maximum atomic E-state index is 12.7. The van der Waals surface area contributed by atoms with E-state index in [1.807, 2.05) is 59.3 Å². The first-order valence-corrected chi connectivity index (χ1v) is 11.7. The molecule has 0 unspecified atom stereocenters. The molecule has 1 aliphatic heterocycles. The van der Waals surface area contributed by atoms with Crippen molar-refractivity contribution >= 4 is 22.9 Å². The average molecular weight is 456 g/mol. The van der Waals surface area contributed by atoms with Gasteiger partial charge in [0.1, 0.15) is 18.0 Å². The van der Waals surface area contributed by atoms with Crippen molar-refractivity contribution in [3.8, 4) is 5.75 Å². The number of pyridine rings is 1. The number of nitrogens with one attached hydrogen (secondary N) is 1. The third kappa shape index (κ3) is 5.05. The molecule has 0 atom stereocenters. The number of carbonyl (C=O) groups excluding carboxylic acids is 1. The molecule has 4 aromatic rings. The Hall–Kier alpha value is -3.84. The zero-order valence-electron chi connectivity index (χ0n) is 19.4. The highest BCUT2D eigenvalue weighted by atomic mass is 16.5. The summed E-state index contributed by atoms with van der Waals surface area (Å²) < 4.78 is 7.81. The molecule has 0 radical (unpaired) electrons. The second kappa shape index (κ2) is 9.97. The van der Waals surface area contributed by atoms with Crippen LogP contribution in [0.2, 0.25) is 0 Å². The van der Waals surface area contributed by atoms with Crippen molar-refractivity contribution < 1.29 is 9.53 Å². The van der Waals surface area contributed by atoms with E-state index in [1.165, 1.54) is 5.69 Å². The van der Waals surface area contributed by atoms with E-state index in [4.69, 9.17) is 4.74 Å². The number of imidazole rings is 1. The summed E-state index contributed by atoms with van der Waals surface area (Å²) in [6.45, 7) is 7.93. The Balaban J connectivity index is 1.14. The molecule has 34 heavy (non-hydrogen) atoms. The Morgan fingerprint density at radius 3 is 2.44 bits per heavy atom. The van der Waals surface area contributed by atoms with Crippen molar-refractivity contribution in [2.24, 2.45) is 0 Å². The van der Waals surface area contributed by atoms with Crippen LogP contribution >= 0.6 is 0 Å². The molecule has 0 spiro atoms. The van der Waals surface area contributed by atoms with Crippen LogP contribution in [0.15, 0.2) is 79.1 Å². The fourth-order valence-electron chi connectivity index (χ4n) is 4.20. The number of rotatable bonds is 7. The number of ether oxygens (including phenoxy) is 1. The zero-order valence-corrected chi connectivity index (χ0v) is 19.4.